The Morgan fingerprint density at radius 3 is 2.27 bits per heavy atom. The van der Waals surface area contributed by atoms with E-state index in [4.69, 9.17) is 5.73 Å². The molecule has 1 fully saturated rings. The molecule has 0 aromatic heterocycles. The van der Waals surface area contributed by atoms with Crippen LogP contribution in [0.15, 0.2) is 16.6 Å². The van der Waals surface area contributed by atoms with Gasteiger partial charge in [-0.25, -0.2) is 0 Å². The van der Waals surface area contributed by atoms with Crippen LogP contribution >= 0.6 is 15.9 Å². The van der Waals surface area contributed by atoms with E-state index in [2.05, 4.69) is 55.8 Å². The molecule has 0 saturated heterocycles. The highest BCUT2D eigenvalue weighted by Crippen LogP contribution is 2.58. The molecule has 0 spiro atoms. The summed E-state index contributed by atoms with van der Waals surface area (Å²) in [5, 5.41) is 0. The molecule has 2 N–H and O–H groups in total. The minimum Gasteiger partial charge on any atom is -0.327 e. The van der Waals surface area contributed by atoms with Crippen LogP contribution in [0.1, 0.15) is 36.5 Å². The second kappa shape index (κ2) is 3.33. The molecule has 1 saturated carbocycles. The lowest BCUT2D eigenvalue weighted by Crippen LogP contribution is -2.06. The van der Waals surface area contributed by atoms with Gasteiger partial charge < -0.3 is 5.73 Å². The van der Waals surface area contributed by atoms with E-state index >= 15 is 0 Å². The number of hydrogen-bond acceptors (Lipinski definition) is 1. The van der Waals surface area contributed by atoms with Crippen LogP contribution in [0.4, 0.5) is 0 Å². The first kappa shape index (κ1) is 11.2. The van der Waals surface area contributed by atoms with Crippen molar-refractivity contribution in [2.75, 3.05) is 0 Å². The SMILES string of the molecule is Cc1ccc([C@H]2[C@H](N)C2(C)C)c(C)c1Br. The van der Waals surface area contributed by atoms with Crippen molar-refractivity contribution in [2.24, 2.45) is 11.1 Å². The van der Waals surface area contributed by atoms with Crippen LogP contribution in [0.25, 0.3) is 0 Å². The van der Waals surface area contributed by atoms with Gasteiger partial charge in [-0.3, -0.25) is 0 Å². The summed E-state index contributed by atoms with van der Waals surface area (Å²) in [5.41, 5.74) is 10.4. The lowest BCUT2D eigenvalue weighted by Gasteiger charge is -2.11. The van der Waals surface area contributed by atoms with Gasteiger partial charge in [0.25, 0.3) is 0 Å². The number of rotatable bonds is 1. The Labute approximate surface area is 100 Å². The molecule has 1 aromatic carbocycles. The van der Waals surface area contributed by atoms with Crippen LogP contribution in [-0.4, -0.2) is 6.04 Å². The first-order chi connectivity index (χ1) is 6.87. The predicted molar refractivity (Wildman–Crippen MR) is 68.1 cm³/mol. The highest BCUT2D eigenvalue weighted by molar-refractivity contribution is 9.10. The Balaban J connectivity index is 2.44. The molecule has 1 aromatic rings. The van der Waals surface area contributed by atoms with Gasteiger partial charge in [-0.15, -0.1) is 0 Å². The van der Waals surface area contributed by atoms with E-state index in [-0.39, 0.29) is 5.41 Å². The quantitative estimate of drug-likeness (QED) is 0.828. The number of nitrogens with two attached hydrogens (primary N) is 1. The van der Waals surface area contributed by atoms with Gasteiger partial charge in [0.1, 0.15) is 0 Å². The Morgan fingerprint density at radius 2 is 1.80 bits per heavy atom. The van der Waals surface area contributed by atoms with Gasteiger partial charge in [0.15, 0.2) is 0 Å². The van der Waals surface area contributed by atoms with Crippen molar-refractivity contribution in [2.45, 2.75) is 39.7 Å². The van der Waals surface area contributed by atoms with Gasteiger partial charge in [0, 0.05) is 16.4 Å². The maximum atomic E-state index is 6.12. The van der Waals surface area contributed by atoms with Gasteiger partial charge in [0.2, 0.25) is 0 Å². The fourth-order valence-corrected chi connectivity index (χ4v) is 2.81. The molecule has 0 bridgehead atoms. The summed E-state index contributed by atoms with van der Waals surface area (Å²) in [7, 11) is 0. The van der Waals surface area contributed by atoms with E-state index in [0.717, 1.165) is 0 Å². The molecular weight excluding hydrogens is 250 g/mol. The fourth-order valence-electron chi connectivity index (χ4n) is 2.44. The number of aryl methyl sites for hydroxylation is 1. The van der Waals surface area contributed by atoms with Crippen molar-refractivity contribution in [3.8, 4) is 0 Å². The second-order valence-electron chi connectivity index (χ2n) is 5.24. The molecule has 15 heavy (non-hydrogen) atoms. The van der Waals surface area contributed by atoms with Gasteiger partial charge in [-0.2, -0.15) is 0 Å². The van der Waals surface area contributed by atoms with Gasteiger partial charge in [0.05, 0.1) is 0 Å². The van der Waals surface area contributed by atoms with Gasteiger partial charge in [-0.05, 0) is 36.0 Å². The van der Waals surface area contributed by atoms with E-state index in [1.807, 2.05) is 0 Å². The monoisotopic (exact) mass is 267 g/mol. The van der Waals surface area contributed by atoms with Crippen LogP contribution in [-0.2, 0) is 0 Å². The molecule has 1 aliphatic rings. The normalized spacial score (nSPS) is 27.9. The Hall–Kier alpha value is -0.340. The summed E-state index contributed by atoms with van der Waals surface area (Å²) >= 11 is 3.64. The molecule has 0 heterocycles. The van der Waals surface area contributed by atoms with Crippen molar-refractivity contribution >= 4 is 15.9 Å². The summed E-state index contributed by atoms with van der Waals surface area (Å²) < 4.78 is 1.23. The highest BCUT2D eigenvalue weighted by Gasteiger charge is 2.56. The van der Waals surface area contributed by atoms with Crippen molar-refractivity contribution in [3.63, 3.8) is 0 Å². The number of halogens is 1. The lowest BCUT2D eigenvalue weighted by molar-refractivity contribution is 0.598. The average molecular weight is 268 g/mol. The van der Waals surface area contributed by atoms with Crippen LogP contribution in [0.5, 0.6) is 0 Å². The molecule has 2 atom stereocenters. The predicted octanol–water partition coefficient (Wildman–Crippen LogP) is 3.52. The molecule has 1 aliphatic carbocycles. The summed E-state index contributed by atoms with van der Waals surface area (Å²) in [4.78, 5) is 0. The topological polar surface area (TPSA) is 26.0 Å². The van der Waals surface area contributed by atoms with Crippen molar-refractivity contribution in [1.29, 1.82) is 0 Å². The van der Waals surface area contributed by atoms with Gasteiger partial charge in [-0.1, -0.05) is 41.9 Å². The minimum absolute atomic E-state index is 0.263. The largest absolute Gasteiger partial charge is 0.327 e. The third kappa shape index (κ3) is 1.55. The summed E-state index contributed by atoms with van der Waals surface area (Å²) in [6.07, 6.45) is 0. The molecule has 1 nitrogen and oxygen atoms in total. The fraction of sp³-hybridized carbons (Fsp3) is 0.538. The first-order valence-electron chi connectivity index (χ1n) is 5.38. The summed E-state index contributed by atoms with van der Waals surface area (Å²) in [5.74, 6) is 0.523. The number of hydrogen-bond donors (Lipinski definition) is 1. The molecule has 82 valence electrons. The first-order valence-corrected chi connectivity index (χ1v) is 6.18. The average Bonchev–Trinajstić information content (AvgIpc) is 2.64. The molecule has 2 heteroatoms. The molecular formula is C13H18BrN. The van der Waals surface area contributed by atoms with E-state index in [0.29, 0.717) is 12.0 Å². The third-order valence-corrected chi connectivity index (χ3v) is 5.09. The minimum atomic E-state index is 0.263. The second-order valence-corrected chi connectivity index (χ2v) is 6.03. The van der Waals surface area contributed by atoms with E-state index in [1.54, 1.807) is 0 Å². The summed E-state index contributed by atoms with van der Waals surface area (Å²) in [6.45, 7) is 8.79. The maximum absolute atomic E-state index is 6.12. The van der Waals surface area contributed by atoms with Crippen molar-refractivity contribution < 1.29 is 0 Å². The Morgan fingerprint density at radius 1 is 1.27 bits per heavy atom. The van der Waals surface area contributed by atoms with Crippen molar-refractivity contribution in [3.05, 3.63) is 33.3 Å². The number of benzene rings is 1. The standard InChI is InChI=1S/C13H18BrN/c1-7-5-6-9(8(2)11(7)14)10-12(15)13(10,3)4/h5-6,10,12H,15H2,1-4H3/t10-,12-/m0/s1. The molecule has 0 unspecified atom stereocenters. The Bertz CT molecular complexity index is 409. The summed E-state index contributed by atoms with van der Waals surface area (Å²) in [6, 6.07) is 4.72. The van der Waals surface area contributed by atoms with E-state index in [1.165, 1.54) is 21.2 Å². The van der Waals surface area contributed by atoms with E-state index in [9.17, 15) is 0 Å². The molecule has 0 aliphatic heterocycles. The highest BCUT2D eigenvalue weighted by atomic mass is 79.9. The smallest absolute Gasteiger partial charge is 0.0236 e. The van der Waals surface area contributed by atoms with Crippen LogP contribution in [0, 0.1) is 19.3 Å². The molecule has 0 amide bonds. The van der Waals surface area contributed by atoms with E-state index < -0.39 is 0 Å². The molecule has 0 radical (unpaired) electrons. The van der Waals surface area contributed by atoms with Crippen LogP contribution in [0.2, 0.25) is 0 Å². The molecule has 2 rings (SSSR count). The maximum Gasteiger partial charge on any atom is 0.0236 e. The zero-order chi connectivity index (χ0) is 11.4. The van der Waals surface area contributed by atoms with Crippen LogP contribution < -0.4 is 5.73 Å². The lowest BCUT2D eigenvalue weighted by atomic mass is 9.97. The van der Waals surface area contributed by atoms with Gasteiger partial charge >= 0.3 is 0 Å². The zero-order valence-electron chi connectivity index (χ0n) is 9.76. The van der Waals surface area contributed by atoms with Crippen molar-refractivity contribution in [1.82, 2.24) is 0 Å². The third-order valence-electron chi connectivity index (χ3n) is 3.87. The zero-order valence-corrected chi connectivity index (χ0v) is 11.4. The van der Waals surface area contributed by atoms with Crippen LogP contribution in [0.3, 0.4) is 0 Å². The Kier molecular flexibility index (Phi) is 2.47.